The first-order chi connectivity index (χ1) is 9.56. The molecule has 1 unspecified atom stereocenters. The molecule has 6 nitrogen and oxygen atoms in total. The van der Waals surface area contributed by atoms with Crippen LogP contribution in [0.25, 0.3) is 11.4 Å². The van der Waals surface area contributed by atoms with Crippen molar-refractivity contribution in [2.45, 2.75) is 25.5 Å². The third-order valence-electron chi connectivity index (χ3n) is 3.51. The summed E-state index contributed by atoms with van der Waals surface area (Å²) >= 11 is 0. The molecule has 0 radical (unpaired) electrons. The van der Waals surface area contributed by atoms with Gasteiger partial charge in [0.05, 0.1) is 18.3 Å². The fourth-order valence-electron chi connectivity index (χ4n) is 2.54. The molecule has 3 N–H and O–H groups in total. The van der Waals surface area contributed by atoms with Crippen molar-refractivity contribution in [2.75, 3.05) is 0 Å². The summed E-state index contributed by atoms with van der Waals surface area (Å²) in [4.78, 5) is 15.5. The van der Waals surface area contributed by atoms with Crippen LogP contribution in [0.1, 0.15) is 22.6 Å². The van der Waals surface area contributed by atoms with E-state index in [0.717, 1.165) is 0 Å². The molecule has 3 rings (SSSR count). The van der Waals surface area contributed by atoms with Crippen LogP contribution in [0.3, 0.4) is 0 Å². The van der Waals surface area contributed by atoms with Crippen LogP contribution in [0.4, 0.5) is 0 Å². The number of aliphatic hydroxyl groups is 1. The third-order valence-corrected chi connectivity index (χ3v) is 3.51. The summed E-state index contributed by atoms with van der Waals surface area (Å²) in [7, 11) is 0. The summed E-state index contributed by atoms with van der Waals surface area (Å²) in [5.74, 6) is -0.413. The first-order valence-electron chi connectivity index (χ1n) is 6.36. The monoisotopic (exact) mass is 274 g/mol. The van der Waals surface area contributed by atoms with Gasteiger partial charge in [-0.2, -0.15) is 0 Å². The van der Waals surface area contributed by atoms with Gasteiger partial charge in [0.2, 0.25) is 0 Å². The fraction of sp³-hybridized carbons (Fsp3) is 0.286. The molecule has 1 aliphatic heterocycles. The van der Waals surface area contributed by atoms with Gasteiger partial charge < -0.3 is 19.9 Å². The lowest BCUT2D eigenvalue weighted by molar-refractivity contribution is 0.0686. The molecule has 0 saturated heterocycles. The molecule has 2 aromatic rings. The molecule has 20 heavy (non-hydrogen) atoms. The molecule has 0 aliphatic carbocycles. The minimum atomic E-state index is -1.06. The highest BCUT2D eigenvalue weighted by molar-refractivity contribution is 5.88. The van der Waals surface area contributed by atoms with E-state index in [4.69, 9.17) is 0 Å². The molecular formula is C14H14N2O4. The highest BCUT2D eigenvalue weighted by atomic mass is 16.4. The molecule has 1 aromatic carbocycles. The topological polar surface area (TPSA) is 95.6 Å². The van der Waals surface area contributed by atoms with E-state index in [1.165, 1.54) is 12.1 Å². The lowest BCUT2D eigenvalue weighted by atomic mass is 10.1. The Morgan fingerprint density at radius 1 is 1.30 bits per heavy atom. The van der Waals surface area contributed by atoms with E-state index in [9.17, 15) is 20.1 Å². The van der Waals surface area contributed by atoms with Crippen LogP contribution in [0.5, 0.6) is 5.75 Å². The summed E-state index contributed by atoms with van der Waals surface area (Å²) in [6.07, 6.45) is 0.545. The Bertz CT molecular complexity index is 661. The second kappa shape index (κ2) is 4.64. The lowest BCUT2D eigenvalue weighted by Gasteiger charge is -2.21. The quantitative estimate of drug-likeness (QED) is 0.766. The molecule has 0 amide bonds. The number of nitrogens with zero attached hydrogens (tertiary/aromatic N) is 2. The summed E-state index contributed by atoms with van der Waals surface area (Å²) < 4.78 is 1.75. The number of hydrogen-bond acceptors (Lipinski definition) is 4. The second-order valence-electron chi connectivity index (χ2n) is 4.89. The van der Waals surface area contributed by atoms with Crippen molar-refractivity contribution in [1.29, 1.82) is 0 Å². The van der Waals surface area contributed by atoms with E-state index in [0.29, 0.717) is 36.5 Å². The minimum absolute atomic E-state index is 0.0416. The van der Waals surface area contributed by atoms with Gasteiger partial charge in [0.15, 0.2) is 5.69 Å². The van der Waals surface area contributed by atoms with Gasteiger partial charge in [0.25, 0.3) is 0 Å². The van der Waals surface area contributed by atoms with Crippen molar-refractivity contribution in [3.8, 4) is 17.1 Å². The second-order valence-corrected chi connectivity index (χ2v) is 4.89. The number of aliphatic hydroxyl groups excluding tert-OH is 1. The van der Waals surface area contributed by atoms with E-state index in [1.807, 2.05) is 0 Å². The maximum atomic E-state index is 11.3. The van der Waals surface area contributed by atoms with Crippen molar-refractivity contribution >= 4 is 5.97 Å². The third kappa shape index (κ3) is 2.04. The van der Waals surface area contributed by atoms with Crippen LogP contribution in [0.15, 0.2) is 24.3 Å². The number of phenolic OH excluding ortho intramolecular Hbond substituents is 1. The van der Waals surface area contributed by atoms with Crippen LogP contribution in [0, 0.1) is 0 Å². The molecule has 0 bridgehead atoms. The van der Waals surface area contributed by atoms with Gasteiger partial charge in [-0.05, 0) is 37.1 Å². The molecule has 0 spiro atoms. The maximum Gasteiger partial charge on any atom is 0.356 e. The Balaban J connectivity index is 2.15. The van der Waals surface area contributed by atoms with E-state index in [-0.39, 0.29) is 11.4 Å². The van der Waals surface area contributed by atoms with Gasteiger partial charge in [0.1, 0.15) is 11.6 Å². The molecular weight excluding hydrogens is 260 g/mol. The highest BCUT2D eigenvalue weighted by Crippen LogP contribution is 2.28. The Kier molecular flexibility index (Phi) is 2.94. The number of fused-ring (bicyclic) bond motifs is 1. The number of imidazole rings is 1. The van der Waals surface area contributed by atoms with Gasteiger partial charge >= 0.3 is 5.97 Å². The maximum absolute atomic E-state index is 11.3. The van der Waals surface area contributed by atoms with Crippen LogP contribution in [-0.4, -0.2) is 36.9 Å². The standard InChI is InChI=1S/C14H14N2O4/c17-9-3-1-8(2-4-9)13-15-12(14(19)20)11-6-5-10(18)7-16(11)13/h1-4,10,17-18H,5-7H2,(H,19,20). The zero-order chi connectivity index (χ0) is 14.3. The molecule has 2 heterocycles. The Morgan fingerprint density at radius 2 is 2.00 bits per heavy atom. The smallest absolute Gasteiger partial charge is 0.356 e. The fourth-order valence-corrected chi connectivity index (χ4v) is 2.54. The SMILES string of the molecule is O=C(O)c1nc(-c2ccc(O)cc2)n2c1CCC(O)C2. The lowest BCUT2D eigenvalue weighted by Crippen LogP contribution is -2.25. The normalized spacial score (nSPS) is 17.8. The number of carboxylic acids is 1. The molecule has 1 atom stereocenters. The number of hydrogen-bond donors (Lipinski definition) is 3. The van der Waals surface area contributed by atoms with E-state index in [2.05, 4.69) is 4.98 Å². The van der Waals surface area contributed by atoms with Gasteiger partial charge in [-0.3, -0.25) is 0 Å². The summed E-state index contributed by atoms with van der Waals surface area (Å²) in [6.45, 7) is 0.339. The van der Waals surface area contributed by atoms with Crippen LogP contribution in [0.2, 0.25) is 0 Å². The van der Waals surface area contributed by atoms with E-state index >= 15 is 0 Å². The number of carboxylic acid groups (broad SMARTS) is 1. The van der Waals surface area contributed by atoms with Crippen molar-refractivity contribution in [1.82, 2.24) is 9.55 Å². The van der Waals surface area contributed by atoms with E-state index < -0.39 is 12.1 Å². The first kappa shape index (κ1) is 12.7. The highest BCUT2D eigenvalue weighted by Gasteiger charge is 2.27. The van der Waals surface area contributed by atoms with Crippen molar-refractivity contribution < 1.29 is 20.1 Å². The van der Waals surface area contributed by atoms with Crippen molar-refractivity contribution in [2.24, 2.45) is 0 Å². The summed E-state index contributed by atoms with van der Waals surface area (Å²) in [6, 6.07) is 6.41. The molecule has 1 aliphatic rings. The minimum Gasteiger partial charge on any atom is -0.508 e. The number of phenols is 1. The summed E-state index contributed by atoms with van der Waals surface area (Å²) in [5.41, 5.74) is 1.40. The molecule has 6 heteroatoms. The van der Waals surface area contributed by atoms with E-state index in [1.54, 1.807) is 16.7 Å². The van der Waals surface area contributed by atoms with Gasteiger partial charge in [0, 0.05) is 5.56 Å². The number of rotatable bonds is 2. The molecule has 104 valence electrons. The zero-order valence-corrected chi connectivity index (χ0v) is 10.7. The van der Waals surface area contributed by atoms with Crippen LogP contribution < -0.4 is 0 Å². The van der Waals surface area contributed by atoms with Gasteiger partial charge in [-0.1, -0.05) is 0 Å². The first-order valence-corrected chi connectivity index (χ1v) is 6.36. The molecule has 0 saturated carbocycles. The number of aromatic nitrogens is 2. The van der Waals surface area contributed by atoms with Crippen molar-refractivity contribution in [3.63, 3.8) is 0 Å². The predicted octanol–water partition coefficient (Wildman–Crippen LogP) is 1.26. The predicted molar refractivity (Wildman–Crippen MR) is 70.6 cm³/mol. The van der Waals surface area contributed by atoms with Crippen LogP contribution >= 0.6 is 0 Å². The summed E-state index contributed by atoms with van der Waals surface area (Å²) in [5, 5.41) is 28.3. The van der Waals surface area contributed by atoms with Crippen LogP contribution in [-0.2, 0) is 13.0 Å². The Hall–Kier alpha value is -2.34. The largest absolute Gasteiger partial charge is 0.508 e. The number of aromatic carboxylic acids is 1. The number of aromatic hydroxyl groups is 1. The Labute approximate surface area is 114 Å². The average Bonchev–Trinajstić information content (AvgIpc) is 2.78. The zero-order valence-electron chi connectivity index (χ0n) is 10.7. The molecule has 0 fully saturated rings. The number of carbonyl (C=O) groups is 1. The van der Waals surface area contributed by atoms with Gasteiger partial charge in [-0.15, -0.1) is 0 Å². The number of benzene rings is 1. The average molecular weight is 274 g/mol. The molecule has 1 aromatic heterocycles. The van der Waals surface area contributed by atoms with Gasteiger partial charge in [-0.25, -0.2) is 9.78 Å². The Morgan fingerprint density at radius 3 is 2.65 bits per heavy atom. The van der Waals surface area contributed by atoms with Crippen molar-refractivity contribution in [3.05, 3.63) is 35.7 Å².